The molecule has 0 spiro atoms. The molecule has 0 radical (unpaired) electrons. The zero-order chi connectivity index (χ0) is 11.3. The number of rotatable bonds is 3. The maximum Gasteiger partial charge on any atom is 0.0778 e. The molecule has 0 aliphatic rings. The predicted molar refractivity (Wildman–Crippen MR) is 62.3 cm³/mol. The van der Waals surface area contributed by atoms with Crippen molar-refractivity contribution < 1.29 is 0 Å². The molecule has 1 aromatic heterocycles. The molecule has 3 heteroatoms. The number of hydrogen-bond donors (Lipinski definition) is 1. The van der Waals surface area contributed by atoms with Gasteiger partial charge in [0.25, 0.3) is 0 Å². The molecule has 1 rings (SSSR count). The van der Waals surface area contributed by atoms with Crippen LogP contribution in [0.5, 0.6) is 0 Å². The molecule has 1 unspecified atom stereocenters. The van der Waals surface area contributed by atoms with Gasteiger partial charge in [0.2, 0.25) is 0 Å². The SMILES string of the molecule is CCCC(N)C#Cc1cn(C)nc1CC. The van der Waals surface area contributed by atoms with Crippen LogP contribution in [-0.2, 0) is 13.5 Å². The first-order valence-electron chi connectivity index (χ1n) is 5.47. The summed E-state index contributed by atoms with van der Waals surface area (Å²) >= 11 is 0. The highest BCUT2D eigenvalue weighted by atomic mass is 15.2. The molecule has 15 heavy (non-hydrogen) atoms. The van der Waals surface area contributed by atoms with E-state index in [1.54, 1.807) is 4.68 Å². The Morgan fingerprint density at radius 2 is 2.27 bits per heavy atom. The Labute approximate surface area is 91.7 Å². The van der Waals surface area contributed by atoms with Gasteiger partial charge in [-0.25, -0.2) is 0 Å². The molecule has 3 nitrogen and oxygen atoms in total. The van der Waals surface area contributed by atoms with E-state index < -0.39 is 0 Å². The third-order valence-corrected chi connectivity index (χ3v) is 2.23. The first-order valence-corrected chi connectivity index (χ1v) is 5.47. The van der Waals surface area contributed by atoms with E-state index in [1.807, 2.05) is 13.2 Å². The summed E-state index contributed by atoms with van der Waals surface area (Å²) in [6.07, 6.45) is 4.89. The quantitative estimate of drug-likeness (QED) is 0.759. The average molecular weight is 205 g/mol. The second-order valence-corrected chi connectivity index (χ2v) is 3.68. The molecule has 1 atom stereocenters. The second kappa shape index (κ2) is 5.57. The Bertz CT molecular complexity index is 368. The Morgan fingerprint density at radius 1 is 1.53 bits per heavy atom. The van der Waals surface area contributed by atoms with Crippen molar-refractivity contribution in [3.63, 3.8) is 0 Å². The third kappa shape index (κ3) is 3.41. The zero-order valence-corrected chi connectivity index (χ0v) is 9.75. The monoisotopic (exact) mass is 205 g/mol. The van der Waals surface area contributed by atoms with Gasteiger partial charge in [-0.1, -0.05) is 32.1 Å². The lowest BCUT2D eigenvalue weighted by Crippen LogP contribution is -2.16. The van der Waals surface area contributed by atoms with Crippen LogP contribution in [0.25, 0.3) is 0 Å². The van der Waals surface area contributed by atoms with Crippen molar-refractivity contribution in [2.45, 2.75) is 39.2 Å². The van der Waals surface area contributed by atoms with Crippen molar-refractivity contribution >= 4 is 0 Å². The molecular formula is C12H19N3. The molecule has 1 aromatic rings. The first kappa shape index (κ1) is 11.8. The predicted octanol–water partition coefficient (Wildman–Crippen LogP) is 1.46. The van der Waals surface area contributed by atoms with Gasteiger partial charge in [0, 0.05) is 13.2 Å². The van der Waals surface area contributed by atoms with E-state index in [0.29, 0.717) is 0 Å². The number of nitrogens with zero attached hydrogens (tertiary/aromatic N) is 2. The molecule has 82 valence electrons. The van der Waals surface area contributed by atoms with Gasteiger partial charge in [-0.2, -0.15) is 5.10 Å². The summed E-state index contributed by atoms with van der Waals surface area (Å²) in [6.45, 7) is 4.20. The highest BCUT2D eigenvalue weighted by molar-refractivity contribution is 5.37. The van der Waals surface area contributed by atoms with Gasteiger partial charge in [-0.15, -0.1) is 0 Å². The fourth-order valence-electron chi connectivity index (χ4n) is 1.45. The molecule has 0 aliphatic heterocycles. The molecule has 0 amide bonds. The highest BCUT2D eigenvalue weighted by Gasteiger charge is 2.02. The van der Waals surface area contributed by atoms with E-state index in [9.17, 15) is 0 Å². The minimum atomic E-state index is -0.0140. The van der Waals surface area contributed by atoms with Crippen LogP contribution in [0.3, 0.4) is 0 Å². The number of hydrogen-bond acceptors (Lipinski definition) is 2. The van der Waals surface area contributed by atoms with E-state index in [1.165, 1.54) is 0 Å². The Balaban J connectivity index is 2.78. The average Bonchev–Trinajstić information content (AvgIpc) is 2.56. The summed E-state index contributed by atoms with van der Waals surface area (Å²) in [5.74, 6) is 6.17. The highest BCUT2D eigenvalue weighted by Crippen LogP contribution is 2.05. The topological polar surface area (TPSA) is 43.8 Å². The van der Waals surface area contributed by atoms with Crippen LogP contribution in [0.1, 0.15) is 37.9 Å². The summed E-state index contributed by atoms with van der Waals surface area (Å²) < 4.78 is 1.80. The number of nitrogens with two attached hydrogens (primary N) is 1. The first-order chi connectivity index (χ1) is 7.17. The van der Waals surface area contributed by atoms with Crippen molar-refractivity contribution in [1.29, 1.82) is 0 Å². The summed E-state index contributed by atoms with van der Waals surface area (Å²) in [4.78, 5) is 0. The normalized spacial score (nSPS) is 12.0. The van der Waals surface area contributed by atoms with Crippen molar-refractivity contribution in [3.8, 4) is 11.8 Å². The van der Waals surface area contributed by atoms with Gasteiger partial charge in [-0.3, -0.25) is 4.68 Å². The van der Waals surface area contributed by atoms with Gasteiger partial charge in [0.1, 0.15) is 0 Å². The lowest BCUT2D eigenvalue weighted by Gasteiger charge is -1.98. The Morgan fingerprint density at radius 3 is 2.87 bits per heavy atom. The smallest absolute Gasteiger partial charge is 0.0778 e. The van der Waals surface area contributed by atoms with Crippen molar-refractivity contribution in [2.24, 2.45) is 12.8 Å². The van der Waals surface area contributed by atoms with Crippen LogP contribution in [0.15, 0.2) is 6.20 Å². The molecule has 1 heterocycles. The molecule has 2 N–H and O–H groups in total. The summed E-state index contributed by atoms with van der Waals surface area (Å²) in [5.41, 5.74) is 7.89. The molecule has 0 bridgehead atoms. The van der Waals surface area contributed by atoms with Crippen LogP contribution in [-0.4, -0.2) is 15.8 Å². The second-order valence-electron chi connectivity index (χ2n) is 3.68. The van der Waals surface area contributed by atoms with Crippen LogP contribution in [0.4, 0.5) is 0 Å². The standard InChI is InChI=1S/C12H19N3/c1-4-6-11(13)8-7-10-9-15(3)14-12(10)5-2/h9,11H,4-6,13H2,1-3H3. The van der Waals surface area contributed by atoms with Crippen LogP contribution in [0.2, 0.25) is 0 Å². The van der Waals surface area contributed by atoms with E-state index in [-0.39, 0.29) is 6.04 Å². The van der Waals surface area contributed by atoms with Gasteiger partial charge >= 0.3 is 0 Å². The van der Waals surface area contributed by atoms with E-state index in [2.05, 4.69) is 30.8 Å². The van der Waals surface area contributed by atoms with Gasteiger partial charge < -0.3 is 5.73 Å². The molecule has 0 aliphatic carbocycles. The van der Waals surface area contributed by atoms with E-state index in [4.69, 9.17) is 5.73 Å². The lowest BCUT2D eigenvalue weighted by molar-refractivity contribution is 0.720. The van der Waals surface area contributed by atoms with E-state index >= 15 is 0 Å². The molecule has 0 saturated carbocycles. The largest absolute Gasteiger partial charge is 0.318 e. The van der Waals surface area contributed by atoms with Gasteiger partial charge in [0.05, 0.1) is 17.3 Å². The van der Waals surface area contributed by atoms with Gasteiger partial charge in [0.15, 0.2) is 0 Å². The van der Waals surface area contributed by atoms with E-state index in [0.717, 1.165) is 30.5 Å². The van der Waals surface area contributed by atoms with Crippen LogP contribution >= 0.6 is 0 Å². The molecule has 0 aromatic carbocycles. The summed E-state index contributed by atoms with van der Waals surface area (Å²) in [7, 11) is 1.91. The molecular weight excluding hydrogens is 186 g/mol. The summed E-state index contributed by atoms with van der Waals surface area (Å²) in [5, 5.41) is 4.33. The Hall–Kier alpha value is -1.27. The van der Waals surface area contributed by atoms with Crippen molar-refractivity contribution in [2.75, 3.05) is 0 Å². The lowest BCUT2D eigenvalue weighted by atomic mass is 10.1. The van der Waals surface area contributed by atoms with Crippen molar-refractivity contribution in [3.05, 3.63) is 17.5 Å². The Kier molecular flexibility index (Phi) is 4.38. The number of aromatic nitrogens is 2. The molecule has 0 saturated heterocycles. The maximum absolute atomic E-state index is 5.83. The molecule has 0 fully saturated rings. The third-order valence-electron chi connectivity index (χ3n) is 2.23. The fourth-order valence-corrected chi connectivity index (χ4v) is 1.45. The maximum atomic E-state index is 5.83. The fraction of sp³-hybridized carbons (Fsp3) is 0.583. The minimum absolute atomic E-state index is 0.0140. The van der Waals surface area contributed by atoms with Crippen LogP contribution in [0, 0.1) is 11.8 Å². The van der Waals surface area contributed by atoms with Crippen LogP contribution < -0.4 is 5.73 Å². The van der Waals surface area contributed by atoms with Gasteiger partial charge in [-0.05, 0) is 12.8 Å². The zero-order valence-electron chi connectivity index (χ0n) is 9.75. The number of aryl methyl sites for hydroxylation is 2. The van der Waals surface area contributed by atoms with Crippen molar-refractivity contribution in [1.82, 2.24) is 9.78 Å². The summed E-state index contributed by atoms with van der Waals surface area (Å²) in [6, 6.07) is -0.0140. The minimum Gasteiger partial charge on any atom is -0.318 e.